The van der Waals surface area contributed by atoms with Gasteiger partial charge in [0.15, 0.2) is 0 Å². The summed E-state index contributed by atoms with van der Waals surface area (Å²) in [6.07, 6.45) is 0.874. The Balaban J connectivity index is 1.37. The largest absolute Gasteiger partial charge is 0.368 e. The molecular weight excluding hydrogens is 304 g/mol. The number of carbonyl (C=O) groups excluding carboxylic acids is 1. The van der Waals surface area contributed by atoms with Crippen molar-refractivity contribution in [3.05, 3.63) is 60.2 Å². The number of amides is 1. The number of piperazine rings is 1. The van der Waals surface area contributed by atoms with Gasteiger partial charge in [-0.05, 0) is 30.2 Å². The Hall–Kier alpha value is -1.94. The minimum absolute atomic E-state index is 0.0654. The minimum Gasteiger partial charge on any atom is -0.368 e. The Morgan fingerprint density at radius 1 is 0.913 bits per heavy atom. The van der Waals surface area contributed by atoms with Gasteiger partial charge in [-0.2, -0.15) is 0 Å². The molecule has 0 bridgehead atoms. The van der Waals surface area contributed by atoms with Gasteiger partial charge in [-0.1, -0.05) is 36.4 Å². The predicted octanol–water partition coefficient (Wildman–Crippen LogP) is 3.05. The molecule has 2 aromatic carbocycles. The fourth-order valence-electron chi connectivity index (χ4n) is 3.35. The lowest BCUT2D eigenvalue weighted by Gasteiger charge is -2.37. The Morgan fingerprint density at radius 2 is 1.61 bits per heavy atom. The summed E-state index contributed by atoms with van der Waals surface area (Å²) in [7, 11) is 0. The van der Waals surface area contributed by atoms with E-state index in [9.17, 15) is 4.79 Å². The topological polar surface area (TPSA) is 23.6 Å². The summed E-state index contributed by atoms with van der Waals surface area (Å²) in [6.45, 7) is 3.47. The van der Waals surface area contributed by atoms with E-state index < -0.39 is 0 Å². The molecule has 4 rings (SSSR count). The molecule has 2 aliphatic heterocycles. The van der Waals surface area contributed by atoms with Crippen LogP contribution in [0.2, 0.25) is 0 Å². The third kappa shape index (κ3) is 2.95. The second-order valence-electron chi connectivity index (χ2n) is 6.07. The number of thioether (sulfide) groups is 1. The van der Waals surface area contributed by atoms with Crippen LogP contribution in [0.5, 0.6) is 0 Å². The van der Waals surface area contributed by atoms with Crippen molar-refractivity contribution in [2.75, 3.05) is 31.1 Å². The molecule has 1 atom stereocenters. The zero-order chi connectivity index (χ0) is 15.6. The first-order valence-corrected chi connectivity index (χ1v) is 9.02. The first-order valence-electron chi connectivity index (χ1n) is 8.14. The third-order valence-corrected chi connectivity index (χ3v) is 5.94. The van der Waals surface area contributed by atoms with E-state index in [1.54, 1.807) is 11.8 Å². The molecule has 23 heavy (non-hydrogen) atoms. The van der Waals surface area contributed by atoms with E-state index in [0.717, 1.165) is 32.6 Å². The summed E-state index contributed by atoms with van der Waals surface area (Å²) in [5.41, 5.74) is 2.57. The molecular formula is C19H20N2OS. The van der Waals surface area contributed by atoms with Crippen molar-refractivity contribution < 1.29 is 4.79 Å². The molecule has 2 aliphatic rings. The number of para-hydroxylation sites is 1. The van der Waals surface area contributed by atoms with E-state index in [0.29, 0.717) is 5.91 Å². The molecule has 4 heteroatoms. The van der Waals surface area contributed by atoms with E-state index in [1.165, 1.54) is 16.1 Å². The molecule has 0 aromatic heterocycles. The molecule has 1 amide bonds. The molecule has 3 nitrogen and oxygen atoms in total. The summed E-state index contributed by atoms with van der Waals surface area (Å²) in [6, 6.07) is 18.8. The van der Waals surface area contributed by atoms with Crippen molar-refractivity contribution >= 4 is 23.4 Å². The maximum atomic E-state index is 12.8. The second-order valence-corrected chi connectivity index (χ2v) is 7.31. The standard InChI is InChI=1S/C19H20N2OS/c22-19(18-14-15-6-4-5-9-17(15)23-18)21-12-10-20(11-13-21)16-7-2-1-3-8-16/h1-9,18H,10-14H2. The fourth-order valence-corrected chi connectivity index (χ4v) is 4.63. The lowest BCUT2D eigenvalue weighted by Crippen LogP contribution is -2.51. The van der Waals surface area contributed by atoms with Crippen LogP contribution in [0, 0.1) is 0 Å². The van der Waals surface area contributed by atoms with E-state index in [1.807, 2.05) is 11.0 Å². The van der Waals surface area contributed by atoms with Crippen LogP contribution in [0.1, 0.15) is 5.56 Å². The van der Waals surface area contributed by atoms with Crippen LogP contribution in [0.15, 0.2) is 59.5 Å². The van der Waals surface area contributed by atoms with Gasteiger partial charge in [0.1, 0.15) is 0 Å². The third-order valence-electron chi connectivity index (χ3n) is 4.64. The molecule has 0 N–H and O–H groups in total. The number of nitrogens with zero attached hydrogens (tertiary/aromatic N) is 2. The number of rotatable bonds is 2. The van der Waals surface area contributed by atoms with Gasteiger partial charge in [0.2, 0.25) is 5.91 Å². The molecule has 1 unspecified atom stereocenters. The van der Waals surface area contributed by atoms with Gasteiger partial charge >= 0.3 is 0 Å². The fraction of sp³-hybridized carbons (Fsp3) is 0.316. The maximum absolute atomic E-state index is 12.8. The van der Waals surface area contributed by atoms with Gasteiger partial charge in [0.05, 0.1) is 5.25 Å². The Labute approximate surface area is 141 Å². The van der Waals surface area contributed by atoms with E-state index in [2.05, 4.69) is 53.4 Å². The monoisotopic (exact) mass is 324 g/mol. The Bertz CT molecular complexity index is 671. The van der Waals surface area contributed by atoms with Crippen molar-refractivity contribution in [2.45, 2.75) is 16.6 Å². The van der Waals surface area contributed by atoms with Crippen LogP contribution in [0.4, 0.5) is 5.69 Å². The molecule has 2 heterocycles. The highest BCUT2D eigenvalue weighted by Crippen LogP contribution is 2.37. The van der Waals surface area contributed by atoms with Crippen LogP contribution in [-0.2, 0) is 11.2 Å². The summed E-state index contributed by atoms with van der Waals surface area (Å²) in [5.74, 6) is 0.305. The number of fused-ring (bicyclic) bond motifs is 1. The zero-order valence-corrected chi connectivity index (χ0v) is 13.8. The Kier molecular flexibility index (Phi) is 4.00. The van der Waals surface area contributed by atoms with Crippen LogP contribution >= 0.6 is 11.8 Å². The quantitative estimate of drug-likeness (QED) is 0.848. The number of anilines is 1. The lowest BCUT2D eigenvalue weighted by atomic mass is 10.1. The normalized spacial score (nSPS) is 20.4. The number of carbonyl (C=O) groups is 1. The van der Waals surface area contributed by atoms with E-state index in [4.69, 9.17) is 0 Å². The summed E-state index contributed by atoms with van der Waals surface area (Å²) >= 11 is 1.73. The van der Waals surface area contributed by atoms with Gasteiger partial charge < -0.3 is 9.80 Å². The smallest absolute Gasteiger partial charge is 0.236 e. The maximum Gasteiger partial charge on any atom is 0.236 e. The van der Waals surface area contributed by atoms with Gasteiger partial charge in [-0.15, -0.1) is 11.8 Å². The van der Waals surface area contributed by atoms with Crippen molar-refractivity contribution in [2.24, 2.45) is 0 Å². The van der Waals surface area contributed by atoms with Gasteiger partial charge in [0, 0.05) is 36.8 Å². The molecule has 118 valence electrons. The zero-order valence-electron chi connectivity index (χ0n) is 13.0. The van der Waals surface area contributed by atoms with Crippen LogP contribution in [0.25, 0.3) is 0 Å². The average Bonchev–Trinajstić information content (AvgIpc) is 3.06. The van der Waals surface area contributed by atoms with E-state index >= 15 is 0 Å². The minimum atomic E-state index is 0.0654. The SMILES string of the molecule is O=C(C1Cc2ccccc2S1)N1CCN(c2ccccc2)CC1. The van der Waals surface area contributed by atoms with Crippen molar-refractivity contribution in [1.82, 2.24) is 4.90 Å². The van der Waals surface area contributed by atoms with Crippen LogP contribution < -0.4 is 4.90 Å². The molecule has 1 saturated heterocycles. The second kappa shape index (κ2) is 6.28. The first-order chi connectivity index (χ1) is 11.3. The summed E-state index contributed by atoms with van der Waals surface area (Å²) in [4.78, 5) is 18.5. The highest BCUT2D eigenvalue weighted by atomic mass is 32.2. The van der Waals surface area contributed by atoms with Crippen molar-refractivity contribution in [3.63, 3.8) is 0 Å². The predicted molar refractivity (Wildman–Crippen MR) is 95.0 cm³/mol. The summed E-state index contributed by atoms with van der Waals surface area (Å²) < 4.78 is 0. The van der Waals surface area contributed by atoms with Gasteiger partial charge in [0.25, 0.3) is 0 Å². The molecule has 0 radical (unpaired) electrons. The molecule has 0 spiro atoms. The number of hydrogen-bond acceptors (Lipinski definition) is 3. The summed E-state index contributed by atoms with van der Waals surface area (Å²) in [5, 5.41) is 0.0654. The highest BCUT2D eigenvalue weighted by Gasteiger charge is 2.32. The van der Waals surface area contributed by atoms with E-state index in [-0.39, 0.29) is 5.25 Å². The van der Waals surface area contributed by atoms with Gasteiger partial charge in [-0.3, -0.25) is 4.79 Å². The van der Waals surface area contributed by atoms with Gasteiger partial charge in [-0.25, -0.2) is 0 Å². The van der Waals surface area contributed by atoms with Crippen LogP contribution in [-0.4, -0.2) is 42.2 Å². The lowest BCUT2D eigenvalue weighted by molar-refractivity contribution is -0.130. The highest BCUT2D eigenvalue weighted by molar-refractivity contribution is 8.01. The molecule has 0 aliphatic carbocycles. The Morgan fingerprint density at radius 3 is 2.35 bits per heavy atom. The van der Waals surface area contributed by atoms with Crippen LogP contribution in [0.3, 0.4) is 0 Å². The van der Waals surface area contributed by atoms with Crippen molar-refractivity contribution in [1.29, 1.82) is 0 Å². The number of hydrogen-bond donors (Lipinski definition) is 0. The molecule has 1 fully saturated rings. The molecule has 0 saturated carbocycles. The van der Waals surface area contributed by atoms with Crippen molar-refractivity contribution in [3.8, 4) is 0 Å². The molecule has 2 aromatic rings. The number of benzene rings is 2. The first kappa shape index (κ1) is 14.6. The average molecular weight is 324 g/mol.